The number of hydrogen-bond acceptors (Lipinski definition) is 3. The van der Waals surface area contributed by atoms with Crippen LogP contribution in [0.4, 0.5) is 0 Å². The molecule has 0 aliphatic heterocycles. The Morgan fingerprint density at radius 2 is 2.05 bits per heavy atom. The van der Waals surface area contributed by atoms with Gasteiger partial charge in [-0.15, -0.1) is 0 Å². The molecule has 0 fully saturated rings. The third-order valence-electron chi connectivity index (χ3n) is 2.97. The Morgan fingerprint density at radius 1 is 1.35 bits per heavy atom. The van der Waals surface area contributed by atoms with Gasteiger partial charge >= 0.3 is 0 Å². The molecule has 0 N–H and O–H groups in total. The number of aromatic nitrogens is 2. The second-order valence-electron chi connectivity index (χ2n) is 4.48. The summed E-state index contributed by atoms with van der Waals surface area (Å²) in [5.74, 6) is 1.03. The number of hydrogen-bond donors (Lipinski definition) is 0. The van der Waals surface area contributed by atoms with Crippen LogP contribution >= 0.6 is 0 Å². The molecule has 1 aromatic heterocycles. The van der Waals surface area contributed by atoms with Crippen LogP contribution in [0.5, 0.6) is 0 Å². The number of aryl methyl sites for hydroxylation is 1. The standard InChI is InChI=1S/C16H18N2O2/c1-4-18-10-15(17-16(18)12(2)19)11-20-13(3)14-8-6-5-7-9-14/h5-10H,3-4,11H2,1-2H3. The molecule has 1 aromatic carbocycles. The number of benzene rings is 1. The fourth-order valence-electron chi connectivity index (χ4n) is 1.93. The van der Waals surface area contributed by atoms with Crippen LogP contribution in [0.3, 0.4) is 0 Å². The molecule has 0 aliphatic rings. The fourth-order valence-corrected chi connectivity index (χ4v) is 1.93. The highest BCUT2D eigenvalue weighted by molar-refractivity contribution is 5.90. The molecule has 20 heavy (non-hydrogen) atoms. The quantitative estimate of drug-likeness (QED) is 0.597. The van der Waals surface area contributed by atoms with Crippen molar-refractivity contribution in [2.24, 2.45) is 0 Å². The van der Waals surface area contributed by atoms with Gasteiger partial charge in [-0.25, -0.2) is 4.98 Å². The molecule has 0 amide bonds. The third kappa shape index (κ3) is 3.15. The molecule has 0 atom stereocenters. The molecule has 0 bridgehead atoms. The molecule has 0 unspecified atom stereocenters. The van der Waals surface area contributed by atoms with Crippen LogP contribution in [-0.2, 0) is 17.9 Å². The largest absolute Gasteiger partial charge is 0.487 e. The van der Waals surface area contributed by atoms with Crippen LogP contribution in [0.1, 0.15) is 35.7 Å². The summed E-state index contributed by atoms with van der Waals surface area (Å²) in [4.78, 5) is 15.7. The zero-order chi connectivity index (χ0) is 14.5. The van der Waals surface area contributed by atoms with E-state index in [1.165, 1.54) is 6.92 Å². The maximum Gasteiger partial charge on any atom is 0.195 e. The Kier molecular flexibility index (Phi) is 4.35. The lowest BCUT2D eigenvalue weighted by molar-refractivity contribution is 0.0999. The van der Waals surface area contributed by atoms with E-state index in [4.69, 9.17) is 4.74 Å². The van der Waals surface area contributed by atoms with Crippen molar-refractivity contribution in [3.05, 3.63) is 60.2 Å². The molecule has 0 spiro atoms. The molecular formula is C16H18N2O2. The molecular weight excluding hydrogens is 252 g/mol. The van der Waals surface area contributed by atoms with Gasteiger partial charge in [0.05, 0.1) is 5.69 Å². The van der Waals surface area contributed by atoms with E-state index in [0.717, 1.165) is 11.3 Å². The van der Waals surface area contributed by atoms with Gasteiger partial charge in [0.2, 0.25) is 0 Å². The molecule has 0 radical (unpaired) electrons. The highest BCUT2D eigenvalue weighted by atomic mass is 16.5. The summed E-state index contributed by atoms with van der Waals surface area (Å²) in [7, 11) is 0. The van der Waals surface area contributed by atoms with E-state index in [1.807, 2.05) is 48.0 Å². The van der Waals surface area contributed by atoms with Crippen molar-refractivity contribution in [1.82, 2.24) is 9.55 Å². The van der Waals surface area contributed by atoms with Crippen molar-refractivity contribution in [3.8, 4) is 0 Å². The van der Waals surface area contributed by atoms with E-state index in [-0.39, 0.29) is 5.78 Å². The number of rotatable bonds is 6. The van der Waals surface area contributed by atoms with Gasteiger partial charge in [-0.1, -0.05) is 36.9 Å². The Hall–Kier alpha value is -2.36. The Labute approximate surface area is 118 Å². The van der Waals surface area contributed by atoms with Crippen molar-refractivity contribution in [3.63, 3.8) is 0 Å². The summed E-state index contributed by atoms with van der Waals surface area (Å²) < 4.78 is 7.45. The average molecular weight is 270 g/mol. The summed E-state index contributed by atoms with van der Waals surface area (Å²) >= 11 is 0. The first kappa shape index (κ1) is 14.1. The Balaban J connectivity index is 2.04. The van der Waals surface area contributed by atoms with Crippen molar-refractivity contribution < 1.29 is 9.53 Å². The predicted molar refractivity (Wildman–Crippen MR) is 78.2 cm³/mol. The average Bonchev–Trinajstić information content (AvgIpc) is 2.89. The van der Waals surface area contributed by atoms with Gasteiger partial charge in [-0.05, 0) is 6.92 Å². The van der Waals surface area contributed by atoms with E-state index in [2.05, 4.69) is 11.6 Å². The highest BCUT2D eigenvalue weighted by Crippen LogP contribution is 2.15. The normalized spacial score (nSPS) is 10.3. The second kappa shape index (κ2) is 6.19. The summed E-state index contributed by atoms with van der Waals surface area (Å²) in [6, 6.07) is 9.69. The van der Waals surface area contributed by atoms with E-state index >= 15 is 0 Å². The summed E-state index contributed by atoms with van der Waals surface area (Å²) in [6.07, 6.45) is 1.84. The number of carbonyl (C=O) groups excluding carboxylic acids is 1. The van der Waals surface area contributed by atoms with Gasteiger partial charge < -0.3 is 9.30 Å². The number of nitrogens with zero attached hydrogens (tertiary/aromatic N) is 2. The minimum atomic E-state index is -0.0417. The Morgan fingerprint density at radius 3 is 2.60 bits per heavy atom. The molecule has 4 heteroatoms. The van der Waals surface area contributed by atoms with Gasteiger partial charge in [0.1, 0.15) is 12.4 Å². The summed E-state index contributed by atoms with van der Waals surface area (Å²) in [5, 5.41) is 0. The van der Waals surface area contributed by atoms with E-state index < -0.39 is 0 Å². The molecule has 4 nitrogen and oxygen atoms in total. The van der Waals surface area contributed by atoms with Crippen LogP contribution in [0.15, 0.2) is 43.1 Å². The van der Waals surface area contributed by atoms with E-state index in [0.29, 0.717) is 24.7 Å². The van der Waals surface area contributed by atoms with E-state index in [9.17, 15) is 4.79 Å². The number of imidazole rings is 1. The van der Waals surface area contributed by atoms with Gasteiger partial charge in [0, 0.05) is 25.2 Å². The molecule has 104 valence electrons. The minimum absolute atomic E-state index is 0.0417. The van der Waals surface area contributed by atoms with Crippen LogP contribution < -0.4 is 0 Å². The summed E-state index contributed by atoms with van der Waals surface area (Å²) in [6.45, 7) is 8.41. The highest BCUT2D eigenvalue weighted by Gasteiger charge is 2.11. The minimum Gasteiger partial charge on any atom is -0.487 e. The van der Waals surface area contributed by atoms with Crippen LogP contribution in [0.2, 0.25) is 0 Å². The summed E-state index contributed by atoms with van der Waals surface area (Å²) in [5.41, 5.74) is 1.67. The smallest absolute Gasteiger partial charge is 0.195 e. The third-order valence-corrected chi connectivity index (χ3v) is 2.97. The monoisotopic (exact) mass is 270 g/mol. The molecule has 1 heterocycles. The zero-order valence-corrected chi connectivity index (χ0v) is 11.8. The first-order chi connectivity index (χ1) is 9.61. The molecule has 0 saturated heterocycles. The topological polar surface area (TPSA) is 44.1 Å². The van der Waals surface area contributed by atoms with E-state index in [1.54, 1.807) is 0 Å². The van der Waals surface area contributed by atoms with Crippen molar-refractivity contribution >= 4 is 11.5 Å². The lowest BCUT2D eigenvalue weighted by Gasteiger charge is -2.07. The maximum absolute atomic E-state index is 11.5. The lowest BCUT2D eigenvalue weighted by atomic mass is 10.2. The van der Waals surface area contributed by atoms with Gasteiger partial charge in [0.15, 0.2) is 11.6 Å². The van der Waals surface area contributed by atoms with Gasteiger partial charge in [0.25, 0.3) is 0 Å². The van der Waals surface area contributed by atoms with Gasteiger partial charge in [-0.2, -0.15) is 0 Å². The van der Waals surface area contributed by atoms with Crippen molar-refractivity contribution in [2.45, 2.75) is 27.0 Å². The van der Waals surface area contributed by atoms with Crippen LogP contribution in [0.25, 0.3) is 5.76 Å². The predicted octanol–water partition coefficient (Wildman–Crippen LogP) is 3.29. The molecule has 0 aliphatic carbocycles. The van der Waals surface area contributed by atoms with Crippen molar-refractivity contribution in [1.29, 1.82) is 0 Å². The van der Waals surface area contributed by atoms with Gasteiger partial charge in [-0.3, -0.25) is 4.79 Å². The Bertz CT molecular complexity index is 615. The zero-order valence-electron chi connectivity index (χ0n) is 11.8. The van der Waals surface area contributed by atoms with Crippen LogP contribution in [-0.4, -0.2) is 15.3 Å². The maximum atomic E-state index is 11.5. The first-order valence-corrected chi connectivity index (χ1v) is 6.56. The molecule has 2 rings (SSSR count). The number of carbonyl (C=O) groups is 1. The fraction of sp³-hybridized carbons (Fsp3) is 0.250. The molecule has 0 saturated carbocycles. The second-order valence-corrected chi connectivity index (χ2v) is 4.48. The first-order valence-electron chi connectivity index (χ1n) is 6.56. The number of ether oxygens (including phenoxy) is 1. The van der Waals surface area contributed by atoms with Crippen LogP contribution in [0, 0.1) is 0 Å². The molecule has 2 aromatic rings. The number of Topliss-reactive ketones (excluding diaryl/α,β-unsaturated/α-hetero) is 1. The number of ketones is 1. The SMILES string of the molecule is C=C(OCc1cn(CC)c(C(C)=O)n1)c1ccccc1. The lowest BCUT2D eigenvalue weighted by Crippen LogP contribution is -2.05. The van der Waals surface area contributed by atoms with Crippen molar-refractivity contribution in [2.75, 3.05) is 0 Å².